The molecule has 0 amide bonds. The molecular formula is C12H14N4OS2. The molecule has 2 unspecified atom stereocenters. The zero-order chi connectivity index (χ0) is 13.2. The number of nitrogens with zero attached hydrogens (tertiary/aromatic N) is 3. The van der Waals surface area contributed by atoms with Crippen LogP contribution in [0.5, 0.6) is 0 Å². The van der Waals surface area contributed by atoms with Crippen LogP contribution in [0.15, 0.2) is 23.0 Å². The van der Waals surface area contributed by atoms with E-state index in [-0.39, 0.29) is 0 Å². The summed E-state index contributed by atoms with van der Waals surface area (Å²) in [5.74, 6) is 3.57. The van der Waals surface area contributed by atoms with E-state index in [1.165, 1.54) is 5.75 Å². The van der Waals surface area contributed by atoms with Gasteiger partial charge in [0.05, 0.1) is 16.5 Å². The molecule has 0 radical (unpaired) electrons. The Kier molecular flexibility index (Phi) is 3.65. The van der Waals surface area contributed by atoms with Crippen LogP contribution in [0.2, 0.25) is 0 Å². The molecule has 0 aliphatic carbocycles. The van der Waals surface area contributed by atoms with Crippen LogP contribution in [0.25, 0.3) is 11.5 Å². The van der Waals surface area contributed by atoms with E-state index in [4.69, 9.17) is 10.3 Å². The third kappa shape index (κ3) is 2.71. The highest BCUT2D eigenvalue weighted by molar-refractivity contribution is 8.06. The van der Waals surface area contributed by atoms with E-state index in [0.717, 1.165) is 17.1 Å². The number of nitrogens with two attached hydrogens (primary N) is 1. The first-order valence-corrected chi connectivity index (χ1v) is 8.11. The maximum atomic E-state index is 5.71. The van der Waals surface area contributed by atoms with Crippen molar-refractivity contribution in [1.29, 1.82) is 0 Å². The second-order valence-electron chi connectivity index (χ2n) is 4.33. The van der Waals surface area contributed by atoms with Crippen molar-refractivity contribution in [3.63, 3.8) is 0 Å². The molecule has 2 aromatic rings. The molecule has 2 atom stereocenters. The van der Waals surface area contributed by atoms with Gasteiger partial charge in [-0.2, -0.15) is 16.7 Å². The van der Waals surface area contributed by atoms with Crippen LogP contribution in [0.1, 0.15) is 18.0 Å². The third-order valence-corrected chi connectivity index (χ3v) is 5.98. The lowest BCUT2D eigenvalue weighted by atomic mass is 10.2. The molecule has 100 valence electrons. The van der Waals surface area contributed by atoms with E-state index in [2.05, 4.69) is 22.0 Å². The molecular weight excluding hydrogens is 280 g/mol. The Hall–Kier alpha value is -1.21. The second-order valence-corrected chi connectivity index (χ2v) is 7.07. The average molecular weight is 294 g/mol. The monoisotopic (exact) mass is 294 g/mol. The number of hydrogen-bond acceptors (Lipinski definition) is 7. The number of pyridine rings is 1. The Morgan fingerprint density at radius 3 is 2.95 bits per heavy atom. The molecule has 1 aliphatic heterocycles. The van der Waals surface area contributed by atoms with Crippen molar-refractivity contribution in [3.8, 4) is 11.5 Å². The fraction of sp³-hybridized carbons (Fsp3) is 0.417. The molecule has 2 aromatic heterocycles. The zero-order valence-electron chi connectivity index (χ0n) is 10.4. The third-order valence-electron chi connectivity index (χ3n) is 2.89. The van der Waals surface area contributed by atoms with Crippen molar-refractivity contribution in [2.45, 2.75) is 17.4 Å². The Morgan fingerprint density at radius 2 is 2.16 bits per heavy atom. The van der Waals surface area contributed by atoms with Crippen molar-refractivity contribution >= 4 is 29.2 Å². The quantitative estimate of drug-likeness (QED) is 0.912. The van der Waals surface area contributed by atoms with Crippen molar-refractivity contribution in [3.05, 3.63) is 24.3 Å². The van der Waals surface area contributed by atoms with Gasteiger partial charge in [0.25, 0.3) is 5.89 Å². The molecule has 0 saturated carbocycles. The summed E-state index contributed by atoms with van der Waals surface area (Å²) in [7, 11) is 0. The van der Waals surface area contributed by atoms with E-state index in [1.54, 1.807) is 18.5 Å². The van der Waals surface area contributed by atoms with Crippen LogP contribution >= 0.6 is 23.5 Å². The fourth-order valence-corrected chi connectivity index (χ4v) is 4.64. The van der Waals surface area contributed by atoms with Crippen molar-refractivity contribution < 1.29 is 4.52 Å². The summed E-state index contributed by atoms with van der Waals surface area (Å²) in [6, 6.07) is 1.79. The Morgan fingerprint density at radius 1 is 1.32 bits per heavy atom. The summed E-state index contributed by atoms with van der Waals surface area (Å²) >= 11 is 3.84. The second kappa shape index (κ2) is 5.42. The Balaban J connectivity index is 1.86. The summed E-state index contributed by atoms with van der Waals surface area (Å²) in [4.78, 5) is 8.52. The van der Waals surface area contributed by atoms with Crippen LogP contribution in [0, 0.1) is 0 Å². The topological polar surface area (TPSA) is 77.8 Å². The predicted molar refractivity (Wildman–Crippen MR) is 79.1 cm³/mol. The van der Waals surface area contributed by atoms with Crippen LogP contribution in [-0.2, 0) is 0 Å². The van der Waals surface area contributed by atoms with E-state index in [0.29, 0.717) is 22.1 Å². The molecule has 0 spiro atoms. The SMILES string of the molecule is CC1SCCSC1c1noc(-c2cncc(N)c2)n1. The lowest BCUT2D eigenvalue weighted by Crippen LogP contribution is -2.16. The minimum absolute atomic E-state index is 0.297. The predicted octanol–water partition coefficient (Wildman–Crippen LogP) is 2.62. The number of hydrogen-bond donors (Lipinski definition) is 1. The summed E-state index contributed by atoms with van der Waals surface area (Å²) in [6.07, 6.45) is 3.27. The van der Waals surface area contributed by atoms with Crippen molar-refractivity contribution in [1.82, 2.24) is 15.1 Å². The number of anilines is 1. The molecule has 3 rings (SSSR count). The molecule has 1 saturated heterocycles. The first kappa shape index (κ1) is 12.8. The van der Waals surface area contributed by atoms with Gasteiger partial charge in [-0.1, -0.05) is 12.1 Å². The smallest absolute Gasteiger partial charge is 0.259 e. The van der Waals surface area contributed by atoms with E-state index < -0.39 is 0 Å². The number of rotatable bonds is 2. The van der Waals surface area contributed by atoms with Gasteiger partial charge in [-0.15, -0.1) is 11.8 Å². The van der Waals surface area contributed by atoms with E-state index in [1.807, 2.05) is 23.5 Å². The molecule has 7 heteroatoms. The number of aromatic nitrogens is 3. The van der Waals surface area contributed by atoms with Gasteiger partial charge in [-0.3, -0.25) is 4.98 Å². The van der Waals surface area contributed by atoms with Gasteiger partial charge in [0.2, 0.25) is 0 Å². The number of nitrogen functional groups attached to an aromatic ring is 1. The minimum atomic E-state index is 0.297. The van der Waals surface area contributed by atoms with Gasteiger partial charge >= 0.3 is 0 Å². The molecule has 0 bridgehead atoms. The molecule has 19 heavy (non-hydrogen) atoms. The summed E-state index contributed by atoms with van der Waals surface area (Å²) in [5, 5.41) is 4.91. The van der Waals surface area contributed by atoms with E-state index in [9.17, 15) is 0 Å². The minimum Gasteiger partial charge on any atom is -0.397 e. The Labute approximate surface area is 119 Å². The molecule has 3 heterocycles. The van der Waals surface area contributed by atoms with Crippen LogP contribution < -0.4 is 5.73 Å². The average Bonchev–Trinajstić information content (AvgIpc) is 2.89. The van der Waals surface area contributed by atoms with Gasteiger partial charge in [0.15, 0.2) is 5.82 Å². The molecule has 1 aliphatic rings. The lowest BCUT2D eigenvalue weighted by Gasteiger charge is -2.24. The highest BCUT2D eigenvalue weighted by atomic mass is 32.2. The fourth-order valence-electron chi connectivity index (χ4n) is 1.96. The van der Waals surface area contributed by atoms with Gasteiger partial charge in [0, 0.05) is 29.1 Å². The largest absolute Gasteiger partial charge is 0.397 e. The van der Waals surface area contributed by atoms with Gasteiger partial charge < -0.3 is 10.3 Å². The highest BCUT2D eigenvalue weighted by Crippen LogP contribution is 2.41. The van der Waals surface area contributed by atoms with Crippen LogP contribution in [0.3, 0.4) is 0 Å². The first-order valence-electron chi connectivity index (χ1n) is 6.02. The van der Waals surface area contributed by atoms with Crippen LogP contribution in [-0.4, -0.2) is 31.9 Å². The summed E-state index contributed by atoms with van der Waals surface area (Å²) in [6.45, 7) is 2.21. The molecule has 5 nitrogen and oxygen atoms in total. The first-order chi connectivity index (χ1) is 9.24. The lowest BCUT2D eigenvalue weighted by molar-refractivity contribution is 0.421. The maximum absolute atomic E-state index is 5.71. The number of thioether (sulfide) groups is 2. The standard InChI is InChI=1S/C12H14N4OS2/c1-7-10(19-3-2-18-7)11-15-12(17-16-11)8-4-9(13)6-14-5-8/h4-7,10H,2-3,13H2,1H3. The molecule has 0 aromatic carbocycles. The van der Waals surface area contributed by atoms with Gasteiger partial charge in [-0.05, 0) is 6.07 Å². The van der Waals surface area contributed by atoms with E-state index >= 15 is 0 Å². The van der Waals surface area contributed by atoms with Crippen molar-refractivity contribution in [2.24, 2.45) is 0 Å². The molecule has 1 fully saturated rings. The summed E-state index contributed by atoms with van der Waals surface area (Å²) < 4.78 is 5.33. The molecule has 2 N–H and O–H groups in total. The van der Waals surface area contributed by atoms with Gasteiger partial charge in [0.1, 0.15) is 0 Å². The highest BCUT2D eigenvalue weighted by Gasteiger charge is 2.28. The zero-order valence-corrected chi connectivity index (χ0v) is 12.1. The van der Waals surface area contributed by atoms with Gasteiger partial charge in [-0.25, -0.2) is 0 Å². The van der Waals surface area contributed by atoms with Crippen LogP contribution in [0.4, 0.5) is 5.69 Å². The maximum Gasteiger partial charge on any atom is 0.259 e. The Bertz CT molecular complexity index is 574. The normalized spacial score (nSPS) is 23.4. The summed E-state index contributed by atoms with van der Waals surface area (Å²) in [5.41, 5.74) is 7.06. The van der Waals surface area contributed by atoms with Crippen molar-refractivity contribution in [2.75, 3.05) is 17.2 Å².